The molecule has 0 aromatic heterocycles. The van der Waals surface area contributed by atoms with E-state index in [4.69, 9.17) is 0 Å². The van der Waals surface area contributed by atoms with Gasteiger partial charge in [0.05, 0.1) is 0 Å². The molecule has 0 aromatic rings. The summed E-state index contributed by atoms with van der Waals surface area (Å²) in [5.41, 5.74) is -0.198. The van der Waals surface area contributed by atoms with Crippen LogP contribution in [0.1, 0.15) is 52.9 Å². The Morgan fingerprint density at radius 3 is 2.35 bits per heavy atom. The first-order valence-corrected chi connectivity index (χ1v) is 6.76. The number of rotatable bonds is 9. The van der Waals surface area contributed by atoms with Crippen LogP contribution in [0.4, 0.5) is 0 Å². The van der Waals surface area contributed by atoms with Gasteiger partial charge in [-0.2, -0.15) is 0 Å². The van der Waals surface area contributed by atoms with Crippen LogP contribution in [0.15, 0.2) is 12.2 Å². The van der Waals surface area contributed by atoms with E-state index >= 15 is 0 Å². The van der Waals surface area contributed by atoms with Crippen LogP contribution in [0, 0.1) is 5.41 Å². The Hall–Kier alpha value is -0.630. The number of carbonyl (C=O) groups is 1. The Kier molecular flexibility index (Phi) is 8.15. The second-order valence-electron chi connectivity index (χ2n) is 5.72. The summed E-state index contributed by atoms with van der Waals surface area (Å²) in [6, 6.07) is 0. The average Bonchev–Trinajstić information content (AvgIpc) is 2.23. The molecule has 2 nitrogen and oxygen atoms in total. The Morgan fingerprint density at radius 1 is 1.18 bits per heavy atom. The Balaban J connectivity index is 4.02. The van der Waals surface area contributed by atoms with Crippen LogP contribution in [0.2, 0.25) is 0 Å². The molecule has 2 heteroatoms. The van der Waals surface area contributed by atoms with E-state index in [1.165, 1.54) is 19.3 Å². The second-order valence-corrected chi connectivity index (χ2v) is 5.72. The number of nitrogens with zero attached hydrogens (tertiary/aromatic N) is 1. The molecule has 0 saturated heterocycles. The van der Waals surface area contributed by atoms with Crippen molar-refractivity contribution >= 4 is 5.78 Å². The zero-order valence-corrected chi connectivity index (χ0v) is 12.3. The van der Waals surface area contributed by atoms with Crippen molar-refractivity contribution in [3.8, 4) is 0 Å². The third kappa shape index (κ3) is 8.14. The Bertz CT molecular complexity index is 241. The highest BCUT2D eigenvalue weighted by atomic mass is 16.1. The number of hydrogen-bond donors (Lipinski definition) is 0. The summed E-state index contributed by atoms with van der Waals surface area (Å²) in [5, 5.41) is 0. The van der Waals surface area contributed by atoms with Gasteiger partial charge >= 0.3 is 0 Å². The van der Waals surface area contributed by atoms with E-state index in [9.17, 15) is 4.79 Å². The second kappa shape index (κ2) is 8.46. The maximum absolute atomic E-state index is 12.0. The molecule has 0 aliphatic rings. The number of likely N-dealkylation sites (N-methyl/N-ethyl adjacent to an activating group) is 1. The lowest BCUT2D eigenvalue weighted by Crippen LogP contribution is -2.22. The summed E-state index contributed by atoms with van der Waals surface area (Å²) in [4.78, 5) is 14.1. The molecule has 100 valence electrons. The average molecular weight is 239 g/mol. The fraction of sp³-hybridized carbons (Fsp3) is 0.800. The molecular weight excluding hydrogens is 210 g/mol. The monoisotopic (exact) mass is 239 g/mol. The molecule has 0 unspecified atom stereocenters. The summed E-state index contributed by atoms with van der Waals surface area (Å²) < 4.78 is 0. The van der Waals surface area contributed by atoms with Crippen molar-refractivity contribution < 1.29 is 4.79 Å². The molecular formula is C15H29NO. The van der Waals surface area contributed by atoms with E-state index < -0.39 is 0 Å². The third-order valence-electron chi connectivity index (χ3n) is 3.06. The summed E-state index contributed by atoms with van der Waals surface area (Å²) in [5.74, 6) is 0.260. The van der Waals surface area contributed by atoms with Gasteiger partial charge in [-0.15, -0.1) is 0 Å². The van der Waals surface area contributed by atoms with E-state index in [1.807, 2.05) is 20.2 Å². The minimum atomic E-state index is -0.198. The Morgan fingerprint density at radius 2 is 1.82 bits per heavy atom. The van der Waals surface area contributed by atoms with E-state index in [2.05, 4.69) is 25.7 Å². The first-order valence-electron chi connectivity index (χ1n) is 6.76. The predicted molar refractivity (Wildman–Crippen MR) is 75.2 cm³/mol. The zero-order chi connectivity index (χ0) is 13.3. The summed E-state index contributed by atoms with van der Waals surface area (Å²) in [6.07, 6.45) is 9.63. The van der Waals surface area contributed by atoms with E-state index in [1.54, 1.807) is 6.08 Å². The molecule has 0 rings (SSSR count). The van der Waals surface area contributed by atoms with Gasteiger partial charge in [0, 0.05) is 12.0 Å². The zero-order valence-electron chi connectivity index (χ0n) is 12.3. The van der Waals surface area contributed by atoms with Gasteiger partial charge in [-0.05, 0) is 26.6 Å². The number of hydrogen-bond acceptors (Lipinski definition) is 2. The molecule has 0 bridgehead atoms. The lowest BCUT2D eigenvalue weighted by Gasteiger charge is -2.21. The molecule has 0 amide bonds. The molecule has 0 radical (unpaired) electrons. The fourth-order valence-corrected chi connectivity index (χ4v) is 1.71. The molecule has 0 spiro atoms. The SMILES string of the molecule is CCCCCCC(C)(C)C(=O)/C=C/CN(C)C. The number of carbonyl (C=O) groups excluding carboxylic acids is 1. The van der Waals surface area contributed by atoms with Crippen molar-refractivity contribution in [2.24, 2.45) is 5.41 Å². The minimum absolute atomic E-state index is 0.198. The fourth-order valence-electron chi connectivity index (χ4n) is 1.71. The lowest BCUT2D eigenvalue weighted by molar-refractivity contribution is -0.122. The van der Waals surface area contributed by atoms with Crippen molar-refractivity contribution in [1.82, 2.24) is 4.90 Å². The van der Waals surface area contributed by atoms with Gasteiger partial charge in [0.2, 0.25) is 0 Å². The normalized spacial score (nSPS) is 12.6. The molecule has 0 fully saturated rings. The highest BCUT2D eigenvalue weighted by Crippen LogP contribution is 2.25. The van der Waals surface area contributed by atoms with Crippen LogP contribution in [-0.4, -0.2) is 31.3 Å². The highest BCUT2D eigenvalue weighted by molar-refractivity contribution is 5.94. The van der Waals surface area contributed by atoms with Gasteiger partial charge in [-0.1, -0.05) is 52.5 Å². The quantitative estimate of drug-likeness (QED) is 0.452. The molecule has 0 aliphatic heterocycles. The van der Waals surface area contributed by atoms with Crippen LogP contribution >= 0.6 is 0 Å². The summed E-state index contributed by atoms with van der Waals surface area (Å²) in [7, 11) is 4.01. The van der Waals surface area contributed by atoms with E-state index in [0.29, 0.717) is 0 Å². The first-order chi connectivity index (χ1) is 7.90. The maximum Gasteiger partial charge on any atom is 0.160 e. The number of allylic oxidation sites excluding steroid dienone is 1. The van der Waals surface area contributed by atoms with Gasteiger partial charge in [-0.25, -0.2) is 0 Å². The van der Waals surface area contributed by atoms with Crippen molar-refractivity contribution in [2.75, 3.05) is 20.6 Å². The molecule has 0 atom stereocenters. The number of ketones is 1. The smallest absolute Gasteiger partial charge is 0.160 e. The first kappa shape index (κ1) is 16.4. The van der Waals surface area contributed by atoms with Crippen LogP contribution < -0.4 is 0 Å². The van der Waals surface area contributed by atoms with Crippen LogP contribution in [0.3, 0.4) is 0 Å². The van der Waals surface area contributed by atoms with Crippen LogP contribution in [0.5, 0.6) is 0 Å². The van der Waals surface area contributed by atoms with Crippen LogP contribution in [0.25, 0.3) is 0 Å². The molecule has 0 aromatic carbocycles. The van der Waals surface area contributed by atoms with Crippen LogP contribution in [-0.2, 0) is 4.79 Å². The standard InChI is InChI=1S/C15H29NO/c1-6-7-8-9-12-15(2,3)14(17)11-10-13-16(4)5/h10-11H,6-9,12-13H2,1-5H3/b11-10+. The van der Waals surface area contributed by atoms with E-state index in [-0.39, 0.29) is 11.2 Å². The molecule has 0 aliphatic carbocycles. The molecule has 0 saturated carbocycles. The third-order valence-corrected chi connectivity index (χ3v) is 3.06. The molecule has 0 N–H and O–H groups in total. The molecule has 17 heavy (non-hydrogen) atoms. The highest BCUT2D eigenvalue weighted by Gasteiger charge is 2.24. The predicted octanol–water partition coefficient (Wildman–Crippen LogP) is 3.67. The van der Waals surface area contributed by atoms with Gasteiger partial charge in [-0.3, -0.25) is 4.79 Å². The minimum Gasteiger partial charge on any atom is -0.306 e. The van der Waals surface area contributed by atoms with E-state index in [0.717, 1.165) is 19.4 Å². The van der Waals surface area contributed by atoms with Crippen molar-refractivity contribution in [2.45, 2.75) is 52.9 Å². The van der Waals surface area contributed by atoms with Gasteiger partial charge in [0.1, 0.15) is 0 Å². The van der Waals surface area contributed by atoms with Gasteiger partial charge < -0.3 is 4.90 Å². The topological polar surface area (TPSA) is 20.3 Å². The van der Waals surface area contributed by atoms with Crippen molar-refractivity contribution in [1.29, 1.82) is 0 Å². The lowest BCUT2D eigenvalue weighted by atomic mass is 9.82. The van der Waals surface area contributed by atoms with Gasteiger partial charge in [0.25, 0.3) is 0 Å². The maximum atomic E-state index is 12.0. The number of unbranched alkanes of at least 4 members (excludes halogenated alkanes) is 3. The molecule has 0 heterocycles. The summed E-state index contributed by atoms with van der Waals surface area (Å²) >= 11 is 0. The van der Waals surface area contributed by atoms with Crippen molar-refractivity contribution in [3.05, 3.63) is 12.2 Å². The van der Waals surface area contributed by atoms with Crippen molar-refractivity contribution in [3.63, 3.8) is 0 Å². The largest absolute Gasteiger partial charge is 0.306 e. The van der Waals surface area contributed by atoms with Gasteiger partial charge in [0.15, 0.2) is 5.78 Å². The summed E-state index contributed by atoms with van der Waals surface area (Å²) in [6.45, 7) is 7.15. The Labute approximate surface area is 107 Å².